The van der Waals surface area contributed by atoms with Gasteiger partial charge in [-0.05, 0) is 31.0 Å². The Bertz CT molecular complexity index is 397. The van der Waals surface area contributed by atoms with Crippen LogP contribution in [0.5, 0.6) is 0 Å². The molecule has 3 atom stereocenters. The van der Waals surface area contributed by atoms with Gasteiger partial charge in [0.2, 0.25) is 0 Å². The Hall–Kier alpha value is -0.450. The van der Waals surface area contributed by atoms with Crippen LogP contribution in [0.1, 0.15) is 18.9 Å². The number of hydrogen-bond acceptors (Lipinski definition) is 2. The summed E-state index contributed by atoms with van der Waals surface area (Å²) >= 11 is 3.21. The molecule has 2 nitrogen and oxygen atoms in total. The van der Waals surface area contributed by atoms with E-state index in [1.54, 1.807) is 12.1 Å². The molecule has 0 amide bonds. The molecule has 1 heterocycles. The van der Waals surface area contributed by atoms with E-state index in [-0.39, 0.29) is 17.8 Å². The Labute approximate surface area is 109 Å². The molecule has 0 aliphatic carbocycles. The summed E-state index contributed by atoms with van der Waals surface area (Å²) in [6.07, 6.45) is 0.860. The summed E-state index contributed by atoms with van der Waals surface area (Å²) < 4.78 is 19.7. The van der Waals surface area contributed by atoms with Gasteiger partial charge in [0.15, 0.2) is 0 Å². The number of aliphatic hydroxyl groups excluding tert-OH is 1. The van der Waals surface area contributed by atoms with Gasteiger partial charge in [-0.15, -0.1) is 0 Å². The van der Waals surface area contributed by atoms with Crippen molar-refractivity contribution in [2.75, 3.05) is 6.61 Å². The highest BCUT2D eigenvalue weighted by atomic mass is 79.9. The Balaban J connectivity index is 2.00. The highest BCUT2D eigenvalue weighted by Gasteiger charge is 2.28. The minimum atomic E-state index is -0.532. The molecule has 94 valence electrons. The van der Waals surface area contributed by atoms with Gasteiger partial charge in [-0.25, -0.2) is 4.39 Å². The molecule has 1 aromatic carbocycles. The van der Waals surface area contributed by atoms with Crippen molar-refractivity contribution in [1.29, 1.82) is 0 Å². The summed E-state index contributed by atoms with van der Waals surface area (Å²) in [5, 5.41) is 10.1. The zero-order valence-electron chi connectivity index (χ0n) is 9.70. The Morgan fingerprint density at radius 1 is 1.59 bits per heavy atom. The van der Waals surface area contributed by atoms with E-state index in [1.807, 2.05) is 6.92 Å². The summed E-state index contributed by atoms with van der Waals surface area (Å²) in [5.74, 6) is -0.154. The fourth-order valence-corrected chi connectivity index (χ4v) is 2.53. The number of ether oxygens (including phenoxy) is 1. The van der Waals surface area contributed by atoms with E-state index in [2.05, 4.69) is 15.9 Å². The fourth-order valence-electron chi connectivity index (χ4n) is 2.20. The van der Waals surface area contributed by atoms with Gasteiger partial charge in [-0.1, -0.05) is 22.0 Å². The van der Waals surface area contributed by atoms with E-state index in [1.165, 1.54) is 6.07 Å². The van der Waals surface area contributed by atoms with Crippen molar-refractivity contribution in [3.63, 3.8) is 0 Å². The molecule has 1 N–H and O–H groups in total. The van der Waals surface area contributed by atoms with E-state index in [0.29, 0.717) is 23.1 Å². The van der Waals surface area contributed by atoms with Crippen LogP contribution in [0.2, 0.25) is 0 Å². The highest BCUT2D eigenvalue weighted by molar-refractivity contribution is 9.10. The molecule has 1 aliphatic heterocycles. The van der Waals surface area contributed by atoms with Crippen molar-refractivity contribution < 1.29 is 14.2 Å². The van der Waals surface area contributed by atoms with Crippen molar-refractivity contribution in [2.45, 2.75) is 32.0 Å². The Kier molecular flexibility index (Phi) is 4.17. The number of benzene rings is 1. The van der Waals surface area contributed by atoms with Gasteiger partial charge < -0.3 is 9.84 Å². The van der Waals surface area contributed by atoms with Crippen molar-refractivity contribution in [1.82, 2.24) is 0 Å². The van der Waals surface area contributed by atoms with E-state index in [4.69, 9.17) is 4.74 Å². The van der Waals surface area contributed by atoms with Crippen LogP contribution in [0.3, 0.4) is 0 Å². The van der Waals surface area contributed by atoms with Crippen LogP contribution >= 0.6 is 15.9 Å². The third-order valence-electron chi connectivity index (χ3n) is 3.22. The van der Waals surface area contributed by atoms with Gasteiger partial charge in [-0.3, -0.25) is 0 Å². The molecular formula is C13H16BrFO2. The molecule has 2 rings (SSSR count). The van der Waals surface area contributed by atoms with Gasteiger partial charge in [0.1, 0.15) is 5.82 Å². The maximum Gasteiger partial charge on any atom is 0.127 e. The van der Waals surface area contributed by atoms with Crippen molar-refractivity contribution in [3.8, 4) is 0 Å². The quantitative estimate of drug-likeness (QED) is 0.930. The second-order valence-corrected chi connectivity index (χ2v) is 5.56. The van der Waals surface area contributed by atoms with Crippen LogP contribution in [0.15, 0.2) is 22.7 Å². The summed E-state index contributed by atoms with van der Waals surface area (Å²) in [6.45, 7) is 2.56. The molecule has 1 saturated heterocycles. The van der Waals surface area contributed by atoms with Crippen molar-refractivity contribution in [3.05, 3.63) is 34.1 Å². The monoisotopic (exact) mass is 302 g/mol. The summed E-state index contributed by atoms with van der Waals surface area (Å²) in [7, 11) is 0. The Morgan fingerprint density at radius 2 is 2.35 bits per heavy atom. The average molecular weight is 303 g/mol. The molecule has 4 heteroatoms. The van der Waals surface area contributed by atoms with Crippen LogP contribution in [-0.4, -0.2) is 23.9 Å². The second-order valence-electron chi connectivity index (χ2n) is 4.65. The molecule has 1 aliphatic rings. The number of rotatable bonds is 3. The zero-order chi connectivity index (χ0) is 12.4. The second kappa shape index (κ2) is 5.46. The summed E-state index contributed by atoms with van der Waals surface area (Å²) in [5.41, 5.74) is 0.556. The van der Waals surface area contributed by atoms with Gasteiger partial charge in [-0.2, -0.15) is 0 Å². The van der Waals surface area contributed by atoms with Gasteiger partial charge in [0, 0.05) is 16.8 Å². The number of aliphatic hydroxyl groups is 1. The van der Waals surface area contributed by atoms with Crippen LogP contribution < -0.4 is 0 Å². The summed E-state index contributed by atoms with van der Waals surface area (Å²) in [4.78, 5) is 0. The van der Waals surface area contributed by atoms with Gasteiger partial charge >= 0.3 is 0 Å². The number of hydrogen-bond donors (Lipinski definition) is 1. The highest BCUT2D eigenvalue weighted by Crippen LogP contribution is 2.25. The SMILES string of the molecule is CC1CC(C(O)Cc2ccc(Br)cc2F)CO1. The summed E-state index contributed by atoms with van der Waals surface area (Å²) in [6, 6.07) is 4.93. The molecule has 3 unspecified atom stereocenters. The zero-order valence-corrected chi connectivity index (χ0v) is 11.3. The lowest BCUT2D eigenvalue weighted by molar-refractivity contribution is 0.0802. The largest absolute Gasteiger partial charge is 0.392 e. The standard InChI is InChI=1S/C13H16BrFO2/c1-8-4-10(7-17-8)13(16)5-9-2-3-11(14)6-12(9)15/h2-3,6,8,10,13,16H,4-5,7H2,1H3. The molecular weight excluding hydrogens is 287 g/mol. The molecule has 17 heavy (non-hydrogen) atoms. The molecule has 0 bridgehead atoms. The van der Waals surface area contributed by atoms with Gasteiger partial charge in [0.05, 0.1) is 18.8 Å². The maximum absolute atomic E-state index is 13.6. The molecule has 0 saturated carbocycles. The van der Waals surface area contributed by atoms with E-state index < -0.39 is 6.10 Å². The van der Waals surface area contributed by atoms with Crippen LogP contribution in [0.4, 0.5) is 4.39 Å². The van der Waals surface area contributed by atoms with Gasteiger partial charge in [0.25, 0.3) is 0 Å². The Morgan fingerprint density at radius 3 is 2.94 bits per heavy atom. The molecule has 1 aromatic rings. The van der Waals surface area contributed by atoms with E-state index >= 15 is 0 Å². The lowest BCUT2D eigenvalue weighted by Gasteiger charge is -2.16. The van der Waals surface area contributed by atoms with Crippen molar-refractivity contribution >= 4 is 15.9 Å². The first-order valence-corrected chi connectivity index (χ1v) is 6.59. The third kappa shape index (κ3) is 3.27. The first-order valence-electron chi connectivity index (χ1n) is 5.80. The molecule has 0 spiro atoms. The van der Waals surface area contributed by atoms with Crippen LogP contribution in [0.25, 0.3) is 0 Å². The van der Waals surface area contributed by atoms with Crippen LogP contribution in [0, 0.1) is 11.7 Å². The molecule has 0 aromatic heterocycles. The minimum Gasteiger partial charge on any atom is -0.392 e. The normalized spacial score (nSPS) is 26.1. The molecule has 0 radical (unpaired) electrons. The number of halogens is 2. The van der Waals surface area contributed by atoms with E-state index in [9.17, 15) is 9.50 Å². The third-order valence-corrected chi connectivity index (χ3v) is 3.71. The average Bonchev–Trinajstić information content (AvgIpc) is 2.69. The molecule has 1 fully saturated rings. The van der Waals surface area contributed by atoms with Crippen molar-refractivity contribution in [2.24, 2.45) is 5.92 Å². The lowest BCUT2D eigenvalue weighted by atomic mass is 9.94. The first kappa shape index (κ1) is 13.0. The van der Waals surface area contributed by atoms with Crippen LogP contribution in [-0.2, 0) is 11.2 Å². The maximum atomic E-state index is 13.6. The smallest absolute Gasteiger partial charge is 0.127 e. The topological polar surface area (TPSA) is 29.5 Å². The first-order chi connectivity index (χ1) is 8.06. The lowest BCUT2D eigenvalue weighted by Crippen LogP contribution is -2.23. The fraction of sp³-hybridized carbons (Fsp3) is 0.538. The minimum absolute atomic E-state index is 0.119. The van der Waals surface area contributed by atoms with E-state index in [0.717, 1.165) is 6.42 Å². The predicted octanol–water partition coefficient (Wildman–Crippen LogP) is 2.92. The predicted molar refractivity (Wildman–Crippen MR) is 67.3 cm³/mol.